The number of carbonyl (C=O) groups excluding carboxylic acids is 1. The van der Waals surface area contributed by atoms with Crippen molar-refractivity contribution in [1.82, 2.24) is 10.6 Å². The van der Waals surface area contributed by atoms with Crippen LogP contribution in [0.25, 0.3) is 0 Å². The van der Waals surface area contributed by atoms with Crippen LogP contribution in [-0.2, 0) is 9.53 Å². The van der Waals surface area contributed by atoms with Gasteiger partial charge in [0.05, 0.1) is 12.1 Å². The first-order valence-electron chi connectivity index (χ1n) is 5.82. The SMILES string of the molecule is CC1(C(=O)NCC2CCOC2)CCCN1. The van der Waals surface area contributed by atoms with E-state index in [1.165, 1.54) is 0 Å². The molecule has 0 aromatic carbocycles. The molecule has 2 heterocycles. The molecule has 0 radical (unpaired) electrons. The molecule has 15 heavy (non-hydrogen) atoms. The fraction of sp³-hybridized carbons (Fsp3) is 0.909. The number of carbonyl (C=O) groups is 1. The highest BCUT2D eigenvalue weighted by molar-refractivity contribution is 5.86. The van der Waals surface area contributed by atoms with Gasteiger partial charge < -0.3 is 15.4 Å². The van der Waals surface area contributed by atoms with Gasteiger partial charge in [-0.25, -0.2) is 0 Å². The normalized spacial score (nSPS) is 35.7. The van der Waals surface area contributed by atoms with E-state index in [0.29, 0.717) is 5.92 Å². The number of hydrogen-bond donors (Lipinski definition) is 2. The van der Waals surface area contributed by atoms with Crippen LogP contribution >= 0.6 is 0 Å². The highest BCUT2D eigenvalue weighted by Crippen LogP contribution is 2.19. The monoisotopic (exact) mass is 212 g/mol. The lowest BCUT2D eigenvalue weighted by molar-refractivity contribution is -0.126. The van der Waals surface area contributed by atoms with Crippen molar-refractivity contribution in [2.45, 2.75) is 31.7 Å². The van der Waals surface area contributed by atoms with Crippen LogP contribution in [-0.4, -0.2) is 37.7 Å². The van der Waals surface area contributed by atoms with Crippen molar-refractivity contribution in [1.29, 1.82) is 0 Å². The third-order valence-corrected chi connectivity index (χ3v) is 3.45. The summed E-state index contributed by atoms with van der Waals surface area (Å²) in [6, 6.07) is 0. The highest BCUT2D eigenvalue weighted by Gasteiger charge is 2.35. The minimum atomic E-state index is -0.334. The Morgan fingerprint density at radius 2 is 2.53 bits per heavy atom. The zero-order valence-corrected chi connectivity index (χ0v) is 9.34. The molecule has 0 saturated carbocycles. The molecule has 2 aliphatic heterocycles. The van der Waals surface area contributed by atoms with Crippen LogP contribution in [0.1, 0.15) is 26.2 Å². The predicted octanol–water partition coefficient (Wildman–Crippen LogP) is 0.281. The molecule has 86 valence electrons. The van der Waals surface area contributed by atoms with Crippen LogP contribution in [0.2, 0.25) is 0 Å². The number of amides is 1. The fourth-order valence-corrected chi connectivity index (χ4v) is 2.26. The summed E-state index contributed by atoms with van der Waals surface area (Å²) in [5.41, 5.74) is -0.334. The first-order chi connectivity index (χ1) is 7.21. The van der Waals surface area contributed by atoms with Gasteiger partial charge in [-0.15, -0.1) is 0 Å². The molecule has 2 saturated heterocycles. The molecule has 2 N–H and O–H groups in total. The third kappa shape index (κ3) is 2.49. The van der Waals surface area contributed by atoms with E-state index in [9.17, 15) is 4.79 Å². The second-order valence-electron chi connectivity index (χ2n) is 4.80. The maximum Gasteiger partial charge on any atom is 0.240 e. The molecular formula is C11H20N2O2. The number of ether oxygens (including phenoxy) is 1. The van der Waals surface area contributed by atoms with Crippen molar-refractivity contribution in [2.75, 3.05) is 26.3 Å². The van der Waals surface area contributed by atoms with Gasteiger partial charge >= 0.3 is 0 Å². The van der Waals surface area contributed by atoms with E-state index >= 15 is 0 Å². The zero-order chi connectivity index (χ0) is 10.7. The van der Waals surface area contributed by atoms with E-state index in [0.717, 1.165) is 45.6 Å². The first-order valence-corrected chi connectivity index (χ1v) is 5.82. The van der Waals surface area contributed by atoms with Crippen LogP contribution in [0.3, 0.4) is 0 Å². The molecule has 0 spiro atoms. The van der Waals surface area contributed by atoms with Crippen molar-refractivity contribution < 1.29 is 9.53 Å². The van der Waals surface area contributed by atoms with Crippen molar-refractivity contribution in [3.05, 3.63) is 0 Å². The number of rotatable bonds is 3. The Morgan fingerprint density at radius 1 is 1.67 bits per heavy atom. The highest BCUT2D eigenvalue weighted by atomic mass is 16.5. The smallest absolute Gasteiger partial charge is 0.240 e. The summed E-state index contributed by atoms with van der Waals surface area (Å²) < 4.78 is 5.27. The molecule has 0 aliphatic carbocycles. The van der Waals surface area contributed by atoms with Crippen molar-refractivity contribution >= 4 is 5.91 Å². The van der Waals surface area contributed by atoms with E-state index < -0.39 is 0 Å². The van der Waals surface area contributed by atoms with E-state index in [1.807, 2.05) is 6.92 Å². The maximum absolute atomic E-state index is 11.9. The van der Waals surface area contributed by atoms with Gasteiger partial charge in [-0.3, -0.25) is 4.79 Å². The summed E-state index contributed by atoms with van der Waals surface area (Å²) >= 11 is 0. The molecule has 2 rings (SSSR count). The Morgan fingerprint density at radius 3 is 3.13 bits per heavy atom. The zero-order valence-electron chi connectivity index (χ0n) is 9.34. The Kier molecular flexibility index (Phi) is 3.26. The molecule has 2 aliphatic rings. The average Bonchev–Trinajstić information content (AvgIpc) is 2.85. The molecule has 4 heteroatoms. The molecular weight excluding hydrogens is 192 g/mol. The topological polar surface area (TPSA) is 50.4 Å². The summed E-state index contributed by atoms with van der Waals surface area (Å²) in [6.07, 6.45) is 3.11. The van der Waals surface area contributed by atoms with Crippen molar-refractivity contribution in [3.63, 3.8) is 0 Å². The Hall–Kier alpha value is -0.610. The van der Waals surface area contributed by atoms with Crippen LogP contribution < -0.4 is 10.6 Å². The molecule has 2 atom stereocenters. The van der Waals surface area contributed by atoms with E-state index in [-0.39, 0.29) is 11.4 Å². The van der Waals surface area contributed by atoms with Crippen molar-refractivity contribution in [2.24, 2.45) is 5.92 Å². The van der Waals surface area contributed by atoms with Gasteiger partial charge in [0, 0.05) is 19.1 Å². The minimum absolute atomic E-state index is 0.145. The Bertz CT molecular complexity index is 231. The minimum Gasteiger partial charge on any atom is -0.381 e. The molecule has 2 unspecified atom stereocenters. The number of hydrogen-bond acceptors (Lipinski definition) is 3. The summed E-state index contributed by atoms with van der Waals surface area (Å²) in [5, 5.41) is 6.29. The van der Waals surface area contributed by atoms with E-state index in [4.69, 9.17) is 4.74 Å². The second kappa shape index (κ2) is 4.49. The van der Waals surface area contributed by atoms with Crippen LogP contribution in [0.5, 0.6) is 0 Å². The largest absolute Gasteiger partial charge is 0.381 e. The van der Waals surface area contributed by atoms with Crippen LogP contribution in [0.15, 0.2) is 0 Å². The third-order valence-electron chi connectivity index (χ3n) is 3.45. The lowest BCUT2D eigenvalue weighted by atomic mass is 9.99. The van der Waals surface area contributed by atoms with Crippen LogP contribution in [0.4, 0.5) is 0 Å². The molecule has 2 fully saturated rings. The van der Waals surface area contributed by atoms with Crippen molar-refractivity contribution in [3.8, 4) is 0 Å². The van der Waals surface area contributed by atoms with Gasteiger partial charge in [-0.05, 0) is 32.7 Å². The number of nitrogens with one attached hydrogen (secondary N) is 2. The Balaban J connectivity index is 1.76. The van der Waals surface area contributed by atoms with Gasteiger partial charge in [0.1, 0.15) is 0 Å². The maximum atomic E-state index is 11.9. The van der Waals surface area contributed by atoms with Crippen LogP contribution in [0, 0.1) is 5.92 Å². The standard InChI is InChI=1S/C11H20N2O2/c1-11(4-2-5-13-11)10(14)12-7-9-3-6-15-8-9/h9,13H,2-8H2,1H3,(H,12,14). The molecule has 1 amide bonds. The summed E-state index contributed by atoms with van der Waals surface area (Å²) in [4.78, 5) is 11.9. The lowest BCUT2D eigenvalue weighted by Gasteiger charge is -2.23. The van der Waals surface area contributed by atoms with Gasteiger partial charge in [-0.2, -0.15) is 0 Å². The summed E-state index contributed by atoms with van der Waals surface area (Å²) in [7, 11) is 0. The van der Waals surface area contributed by atoms with Gasteiger partial charge in [-0.1, -0.05) is 0 Å². The van der Waals surface area contributed by atoms with Gasteiger partial charge in [0.25, 0.3) is 0 Å². The summed E-state index contributed by atoms with van der Waals surface area (Å²) in [6.45, 7) is 5.34. The average molecular weight is 212 g/mol. The van der Waals surface area contributed by atoms with Gasteiger partial charge in [0.15, 0.2) is 0 Å². The molecule has 0 aromatic heterocycles. The van der Waals surface area contributed by atoms with Gasteiger partial charge in [0.2, 0.25) is 5.91 Å². The molecule has 4 nitrogen and oxygen atoms in total. The van der Waals surface area contributed by atoms with E-state index in [2.05, 4.69) is 10.6 Å². The fourth-order valence-electron chi connectivity index (χ4n) is 2.26. The molecule has 0 bridgehead atoms. The lowest BCUT2D eigenvalue weighted by Crippen LogP contribution is -2.52. The Labute approximate surface area is 90.8 Å². The molecule has 0 aromatic rings. The second-order valence-corrected chi connectivity index (χ2v) is 4.80. The summed E-state index contributed by atoms with van der Waals surface area (Å²) in [5.74, 6) is 0.658. The quantitative estimate of drug-likeness (QED) is 0.706. The first kappa shape index (κ1) is 10.9. The predicted molar refractivity (Wildman–Crippen MR) is 57.6 cm³/mol. The van der Waals surface area contributed by atoms with E-state index in [1.54, 1.807) is 0 Å².